The van der Waals surface area contributed by atoms with E-state index >= 15 is 4.39 Å². The minimum Gasteiger partial charge on any atom is -0.487 e. The van der Waals surface area contributed by atoms with E-state index in [2.05, 4.69) is 47.4 Å². The second-order valence-corrected chi connectivity index (χ2v) is 15.8. The number of benzene rings is 3. The minimum absolute atomic E-state index is 0.0472. The number of nitrogens with zero attached hydrogens (tertiary/aromatic N) is 3. The molecule has 57 heavy (non-hydrogen) atoms. The molecule has 11 nitrogen and oxygen atoms in total. The molecule has 0 spiro atoms. The normalized spacial score (nSPS) is 17.5. The van der Waals surface area contributed by atoms with Gasteiger partial charge < -0.3 is 14.5 Å². The lowest BCUT2D eigenvalue weighted by molar-refractivity contribution is -0.134. The predicted molar refractivity (Wildman–Crippen MR) is 214 cm³/mol. The summed E-state index contributed by atoms with van der Waals surface area (Å²) in [6, 6.07) is 16.0. The van der Waals surface area contributed by atoms with Crippen molar-refractivity contribution in [3.63, 3.8) is 0 Å². The zero-order valence-electron chi connectivity index (χ0n) is 32.6. The zero-order valence-corrected chi connectivity index (χ0v) is 32.6. The Balaban J connectivity index is 0.992. The molecule has 3 aromatic carbocycles. The fraction of sp³-hybridized carbons (Fsp3) is 0.311. The molecule has 2 atom stereocenters. The smallest absolute Gasteiger partial charge is 0.328 e. The molecule has 0 radical (unpaired) electrons. The van der Waals surface area contributed by atoms with E-state index in [1.165, 1.54) is 12.3 Å². The van der Waals surface area contributed by atoms with Gasteiger partial charge in [-0.2, -0.15) is 0 Å². The lowest BCUT2D eigenvalue weighted by atomic mass is 9.78. The number of carbonyl (C=O) groups excluding carboxylic acids is 3. The quantitative estimate of drug-likeness (QED) is 0.138. The van der Waals surface area contributed by atoms with Crippen LogP contribution in [0.2, 0.25) is 0 Å². The molecular weight excluding hydrogens is 726 g/mol. The monoisotopic (exact) mass is 767 g/mol. The van der Waals surface area contributed by atoms with Crippen LogP contribution in [-0.4, -0.2) is 44.0 Å². The van der Waals surface area contributed by atoms with Crippen molar-refractivity contribution in [3.05, 3.63) is 117 Å². The Labute approximate surface area is 328 Å². The first-order valence-corrected chi connectivity index (χ1v) is 19.0. The Bertz CT molecular complexity index is 2760. The van der Waals surface area contributed by atoms with Crippen molar-refractivity contribution in [1.29, 1.82) is 0 Å². The van der Waals surface area contributed by atoms with E-state index < -0.39 is 23.2 Å². The number of halogens is 1. The van der Waals surface area contributed by atoms with Gasteiger partial charge in [-0.25, -0.2) is 9.18 Å². The summed E-state index contributed by atoms with van der Waals surface area (Å²) in [7, 11) is 3.57. The van der Waals surface area contributed by atoms with E-state index in [-0.39, 0.29) is 48.0 Å². The molecule has 1 fully saturated rings. The number of pyridine rings is 1. The first kappa shape index (κ1) is 37.4. The number of aromatic nitrogens is 3. The number of piperidine rings is 1. The molecule has 6 aromatic rings. The number of rotatable bonds is 6. The van der Waals surface area contributed by atoms with Crippen molar-refractivity contribution in [1.82, 2.24) is 24.8 Å². The molecule has 12 heteroatoms. The summed E-state index contributed by atoms with van der Waals surface area (Å²) in [5.74, 6) is 4.54. The fourth-order valence-electron chi connectivity index (χ4n) is 8.17. The molecule has 2 aliphatic heterocycles. The van der Waals surface area contributed by atoms with Crippen molar-refractivity contribution in [2.75, 3.05) is 6.54 Å². The number of aryl methyl sites for hydroxylation is 2. The van der Waals surface area contributed by atoms with Crippen LogP contribution < -0.4 is 21.1 Å². The third-order valence-corrected chi connectivity index (χ3v) is 11.1. The van der Waals surface area contributed by atoms with Gasteiger partial charge in [0.05, 0.1) is 29.8 Å². The SMILES string of the molecule is CC(C)c1cc(C2CC(C)(C)Oc3cc(-c4ccc(C(=O)NCC#Cc5ccc6occ(C7CCC(=O)NC7=O)c6c5)nc4)c(F)cc32)cc2c1n(C)c(=O)n2C. The van der Waals surface area contributed by atoms with E-state index in [1.807, 2.05) is 26.0 Å². The lowest BCUT2D eigenvalue weighted by Crippen LogP contribution is -2.39. The molecule has 2 aliphatic rings. The topological polar surface area (TPSA) is 137 Å². The highest BCUT2D eigenvalue weighted by atomic mass is 19.1. The van der Waals surface area contributed by atoms with Gasteiger partial charge in [-0.3, -0.25) is 33.8 Å². The average molecular weight is 768 g/mol. The van der Waals surface area contributed by atoms with Gasteiger partial charge in [0.15, 0.2) is 0 Å². The Morgan fingerprint density at radius 3 is 2.58 bits per heavy atom. The predicted octanol–water partition coefficient (Wildman–Crippen LogP) is 6.94. The Hall–Kier alpha value is -6.48. The van der Waals surface area contributed by atoms with Crippen LogP contribution in [0.1, 0.15) is 103 Å². The number of ether oxygens (including phenoxy) is 1. The van der Waals surface area contributed by atoms with Gasteiger partial charge in [-0.15, -0.1) is 0 Å². The van der Waals surface area contributed by atoms with E-state index in [4.69, 9.17) is 9.15 Å². The summed E-state index contributed by atoms with van der Waals surface area (Å²) >= 11 is 0. The van der Waals surface area contributed by atoms with Crippen molar-refractivity contribution in [2.24, 2.45) is 14.1 Å². The van der Waals surface area contributed by atoms with Crippen LogP contribution in [0.15, 0.2) is 76.3 Å². The van der Waals surface area contributed by atoms with Crippen molar-refractivity contribution < 1.29 is 27.9 Å². The fourth-order valence-corrected chi connectivity index (χ4v) is 8.17. The number of fused-ring (bicyclic) bond motifs is 3. The Morgan fingerprint density at radius 1 is 1.04 bits per heavy atom. The van der Waals surface area contributed by atoms with Gasteiger partial charge in [0.25, 0.3) is 5.91 Å². The Kier molecular flexibility index (Phi) is 9.35. The van der Waals surface area contributed by atoms with Crippen molar-refractivity contribution >= 4 is 39.7 Å². The highest BCUT2D eigenvalue weighted by Crippen LogP contribution is 2.47. The summed E-state index contributed by atoms with van der Waals surface area (Å²) in [5, 5.41) is 5.88. The van der Waals surface area contributed by atoms with Crippen LogP contribution in [0, 0.1) is 17.7 Å². The Morgan fingerprint density at radius 2 is 1.84 bits per heavy atom. The van der Waals surface area contributed by atoms with Crippen LogP contribution in [0.25, 0.3) is 33.1 Å². The third kappa shape index (κ3) is 6.88. The van der Waals surface area contributed by atoms with Gasteiger partial charge >= 0.3 is 5.69 Å². The summed E-state index contributed by atoms with van der Waals surface area (Å²) in [6.45, 7) is 8.29. The van der Waals surface area contributed by atoms with E-state index in [0.717, 1.165) is 33.1 Å². The molecule has 3 aromatic heterocycles. The number of amides is 3. The standard InChI is InChI=1S/C45H42FN5O6/c1-24(2)29-17-27(18-37-41(29)51(6)44(55)50(37)5)33-21-45(3,4)57-39-20-30(35(46)19-32(33)39)26-10-12-36(48-22-26)43(54)47-15-7-8-25-9-13-38-31(16-25)34(23-56-38)28-11-14-40(52)49-42(28)53/h9-10,12-13,16-20,22-24,28,33H,11,14-15,21H2,1-6H3,(H,47,54)(H,49,52,53). The van der Waals surface area contributed by atoms with E-state index in [1.54, 1.807) is 59.8 Å². The summed E-state index contributed by atoms with van der Waals surface area (Å²) in [4.78, 5) is 54.3. The van der Waals surface area contributed by atoms with Crippen molar-refractivity contribution in [2.45, 2.75) is 70.3 Å². The number of nitrogens with one attached hydrogen (secondary N) is 2. The highest BCUT2D eigenvalue weighted by Gasteiger charge is 2.37. The first-order valence-electron chi connectivity index (χ1n) is 19.0. The highest BCUT2D eigenvalue weighted by molar-refractivity contribution is 6.02. The zero-order chi connectivity index (χ0) is 40.3. The van der Waals surface area contributed by atoms with Crippen LogP contribution in [0.5, 0.6) is 5.75 Å². The molecule has 3 amide bonds. The van der Waals surface area contributed by atoms with Gasteiger partial charge in [0.1, 0.15) is 28.4 Å². The number of furan rings is 1. The van der Waals surface area contributed by atoms with Crippen LogP contribution in [0.4, 0.5) is 4.39 Å². The van der Waals surface area contributed by atoms with Gasteiger partial charge in [0, 0.05) is 65.8 Å². The maximum Gasteiger partial charge on any atom is 0.328 e. The van der Waals surface area contributed by atoms with Crippen molar-refractivity contribution in [3.8, 4) is 28.7 Å². The molecule has 0 aliphatic carbocycles. The van der Waals surface area contributed by atoms with E-state index in [9.17, 15) is 19.2 Å². The molecule has 290 valence electrons. The van der Waals surface area contributed by atoms with Crippen LogP contribution in [-0.2, 0) is 23.7 Å². The molecular formula is C45H42FN5O6. The summed E-state index contributed by atoms with van der Waals surface area (Å²) < 4.78 is 31.5. The van der Waals surface area contributed by atoms with Gasteiger partial charge in [0.2, 0.25) is 11.8 Å². The van der Waals surface area contributed by atoms with Crippen LogP contribution >= 0.6 is 0 Å². The van der Waals surface area contributed by atoms with E-state index in [0.29, 0.717) is 46.4 Å². The first-order chi connectivity index (χ1) is 27.2. The molecule has 0 saturated carbocycles. The molecule has 2 unspecified atom stereocenters. The van der Waals surface area contributed by atoms with Gasteiger partial charge in [-0.05, 0) is 86.2 Å². The average Bonchev–Trinajstić information content (AvgIpc) is 3.69. The number of hydrogen-bond acceptors (Lipinski definition) is 7. The number of hydrogen-bond donors (Lipinski definition) is 2. The largest absolute Gasteiger partial charge is 0.487 e. The summed E-state index contributed by atoms with van der Waals surface area (Å²) in [5.41, 5.74) is 6.79. The minimum atomic E-state index is -0.559. The molecule has 8 rings (SSSR count). The molecule has 2 N–H and O–H groups in total. The number of imidazole rings is 1. The van der Waals surface area contributed by atoms with Gasteiger partial charge in [-0.1, -0.05) is 37.8 Å². The second-order valence-electron chi connectivity index (χ2n) is 15.8. The third-order valence-electron chi connectivity index (χ3n) is 11.1. The molecule has 1 saturated heterocycles. The molecule has 0 bridgehead atoms. The lowest BCUT2D eigenvalue weighted by Gasteiger charge is -2.38. The summed E-state index contributed by atoms with van der Waals surface area (Å²) in [6.07, 6.45) is 4.30. The maximum absolute atomic E-state index is 16.1. The maximum atomic E-state index is 16.1. The number of imide groups is 1. The number of carbonyl (C=O) groups is 3. The van der Waals surface area contributed by atoms with Crippen LogP contribution in [0.3, 0.4) is 0 Å². The molecule has 5 heterocycles. The second kappa shape index (κ2) is 14.2.